The second-order valence-corrected chi connectivity index (χ2v) is 5.31. The highest BCUT2D eigenvalue weighted by Crippen LogP contribution is 2.44. The summed E-state index contributed by atoms with van der Waals surface area (Å²) in [5, 5.41) is 0. The summed E-state index contributed by atoms with van der Waals surface area (Å²) in [6.45, 7) is 2.49. The first-order valence-corrected chi connectivity index (χ1v) is 6.76. The third kappa shape index (κ3) is 1.44. The van der Waals surface area contributed by atoms with Gasteiger partial charge in [0.15, 0.2) is 0 Å². The minimum atomic E-state index is 0.542. The maximum Gasteiger partial charge on any atom is 0.130 e. The van der Waals surface area contributed by atoms with Crippen LogP contribution in [0, 0.1) is 5.92 Å². The highest BCUT2D eigenvalue weighted by molar-refractivity contribution is 5.33. The molecule has 0 N–H and O–H groups in total. The first-order chi connectivity index (χ1) is 8.93. The van der Waals surface area contributed by atoms with Gasteiger partial charge in [-0.05, 0) is 44.0 Å². The monoisotopic (exact) mass is 239 g/mol. The SMILES string of the molecule is c1ccc(-n2ccnc2C2C3CCN2CC3)cc1. The van der Waals surface area contributed by atoms with Gasteiger partial charge in [0.1, 0.15) is 5.82 Å². The molecule has 2 aliphatic heterocycles. The van der Waals surface area contributed by atoms with Gasteiger partial charge in [0, 0.05) is 18.1 Å². The quantitative estimate of drug-likeness (QED) is 0.803. The van der Waals surface area contributed by atoms with Crippen molar-refractivity contribution in [3.05, 3.63) is 48.5 Å². The van der Waals surface area contributed by atoms with Crippen molar-refractivity contribution < 1.29 is 0 Å². The van der Waals surface area contributed by atoms with Gasteiger partial charge in [-0.25, -0.2) is 4.98 Å². The molecule has 18 heavy (non-hydrogen) atoms. The Morgan fingerprint density at radius 1 is 1.06 bits per heavy atom. The minimum absolute atomic E-state index is 0.542. The number of nitrogens with zero attached hydrogens (tertiary/aromatic N) is 3. The Morgan fingerprint density at radius 2 is 1.83 bits per heavy atom. The first kappa shape index (κ1) is 10.3. The summed E-state index contributed by atoms with van der Waals surface area (Å²) in [7, 11) is 0. The Hall–Kier alpha value is -1.61. The van der Waals surface area contributed by atoms with E-state index in [9.17, 15) is 0 Å². The van der Waals surface area contributed by atoms with Crippen molar-refractivity contribution in [2.24, 2.45) is 5.92 Å². The summed E-state index contributed by atoms with van der Waals surface area (Å²) in [6, 6.07) is 11.1. The molecule has 3 heteroatoms. The van der Waals surface area contributed by atoms with Crippen molar-refractivity contribution in [1.29, 1.82) is 0 Å². The van der Waals surface area contributed by atoms with Crippen molar-refractivity contribution in [3.63, 3.8) is 0 Å². The van der Waals surface area contributed by atoms with Gasteiger partial charge in [-0.1, -0.05) is 18.2 Å². The Morgan fingerprint density at radius 3 is 2.50 bits per heavy atom. The van der Waals surface area contributed by atoms with Gasteiger partial charge in [0.25, 0.3) is 0 Å². The normalized spacial score (nSPS) is 29.9. The number of hydrogen-bond donors (Lipinski definition) is 0. The number of benzene rings is 1. The molecule has 0 spiro atoms. The lowest BCUT2D eigenvalue weighted by Crippen LogP contribution is -2.22. The topological polar surface area (TPSA) is 21.1 Å². The van der Waals surface area contributed by atoms with E-state index in [-0.39, 0.29) is 0 Å². The van der Waals surface area contributed by atoms with E-state index in [1.807, 2.05) is 6.20 Å². The van der Waals surface area contributed by atoms with E-state index in [0.29, 0.717) is 6.04 Å². The van der Waals surface area contributed by atoms with Crippen molar-refractivity contribution in [2.45, 2.75) is 18.9 Å². The molecule has 3 heterocycles. The van der Waals surface area contributed by atoms with Crippen LogP contribution in [0.25, 0.3) is 5.69 Å². The fourth-order valence-corrected chi connectivity index (χ4v) is 3.53. The van der Waals surface area contributed by atoms with Gasteiger partial charge in [0.05, 0.1) is 6.04 Å². The van der Waals surface area contributed by atoms with Gasteiger partial charge < -0.3 is 4.57 Å². The van der Waals surface area contributed by atoms with Gasteiger partial charge >= 0.3 is 0 Å². The molecule has 2 saturated heterocycles. The van der Waals surface area contributed by atoms with Gasteiger partial charge in [-0.15, -0.1) is 0 Å². The zero-order valence-corrected chi connectivity index (χ0v) is 10.4. The van der Waals surface area contributed by atoms with E-state index in [4.69, 9.17) is 0 Å². The predicted molar refractivity (Wildman–Crippen MR) is 70.6 cm³/mol. The molecule has 4 rings (SSSR count). The van der Waals surface area contributed by atoms with E-state index in [1.54, 1.807) is 0 Å². The van der Waals surface area contributed by atoms with E-state index in [1.165, 1.54) is 37.4 Å². The molecule has 0 radical (unpaired) electrons. The summed E-state index contributed by atoms with van der Waals surface area (Å²) in [4.78, 5) is 7.23. The lowest BCUT2D eigenvalue weighted by Gasteiger charge is -2.19. The predicted octanol–water partition coefficient (Wildman–Crippen LogP) is 2.64. The van der Waals surface area contributed by atoms with E-state index in [2.05, 4.69) is 51.0 Å². The smallest absolute Gasteiger partial charge is 0.130 e. The van der Waals surface area contributed by atoms with Crippen molar-refractivity contribution in [3.8, 4) is 5.69 Å². The van der Waals surface area contributed by atoms with Crippen LogP contribution in [0.4, 0.5) is 0 Å². The number of fused-ring (bicyclic) bond motifs is 2. The summed E-state index contributed by atoms with van der Waals surface area (Å²) in [5.74, 6) is 2.04. The van der Waals surface area contributed by atoms with Crippen molar-refractivity contribution in [1.82, 2.24) is 14.5 Å². The third-order valence-corrected chi connectivity index (χ3v) is 4.38. The number of para-hydroxylation sites is 1. The molecule has 0 saturated carbocycles. The van der Waals surface area contributed by atoms with E-state index in [0.717, 1.165) is 5.92 Å². The van der Waals surface area contributed by atoms with Crippen LogP contribution in [-0.4, -0.2) is 27.5 Å². The zero-order chi connectivity index (χ0) is 11.9. The first-order valence-electron chi connectivity index (χ1n) is 6.76. The summed E-state index contributed by atoms with van der Waals surface area (Å²) in [5.41, 5.74) is 1.22. The molecule has 0 aliphatic carbocycles. The molecule has 0 amide bonds. The summed E-state index contributed by atoms with van der Waals surface area (Å²) in [6.07, 6.45) is 6.70. The number of aromatic nitrogens is 2. The standard InChI is InChI=1S/C15H17N3/c1-2-4-13(5-3-1)18-11-8-16-15(18)14-12-6-9-17(14)10-7-12/h1-5,8,11-12,14H,6-7,9-10H2. The number of imidazole rings is 1. The zero-order valence-electron chi connectivity index (χ0n) is 10.4. The average Bonchev–Trinajstić information content (AvgIpc) is 3.13. The molecule has 1 aromatic heterocycles. The fourth-order valence-electron chi connectivity index (χ4n) is 3.53. The molecular weight excluding hydrogens is 222 g/mol. The highest BCUT2D eigenvalue weighted by Gasteiger charge is 2.42. The summed E-state index contributed by atoms with van der Waals surface area (Å²) < 4.78 is 2.25. The fraction of sp³-hybridized carbons (Fsp3) is 0.400. The van der Waals surface area contributed by atoms with E-state index < -0.39 is 0 Å². The Kier molecular flexibility index (Phi) is 2.27. The molecule has 3 nitrogen and oxygen atoms in total. The van der Waals surface area contributed by atoms with Crippen molar-refractivity contribution in [2.75, 3.05) is 13.1 Å². The van der Waals surface area contributed by atoms with Crippen LogP contribution in [0.1, 0.15) is 24.7 Å². The second kappa shape index (κ2) is 3.95. The van der Waals surface area contributed by atoms with Crippen LogP contribution in [0.2, 0.25) is 0 Å². The maximum atomic E-state index is 4.64. The molecule has 2 fully saturated rings. The second-order valence-electron chi connectivity index (χ2n) is 5.31. The molecule has 2 aliphatic rings. The molecule has 92 valence electrons. The molecule has 2 aromatic rings. The largest absolute Gasteiger partial charge is 0.302 e. The average molecular weight is 239 g/mol. The van der Waals surface area contributed by atoms with Crippen LogP contribution in [-0.2, 0) is 0 Å². The van der Waals surface area contributed by atoms with Crippen LogP contribution >= 0.6 is 0 Å². The summed E-state index contributed by atoms with van der Waals surface area (Å²) >= 11 is 0. The molecule has 1 unspecified atom stereocenters. The van der Waals surface area contributed by atoms with Gasteiger partial charge in [-0.3, -0.25) is 4.90 Å². The molecule has 1 aromatic carbocycles. The lowest BCUT2D eigenvalue weighted by atomic mass is 9.99. The Balaban J connectivity index is 1.77. The van der Waals surface area contributed by atoms with E-state index >= 15 is 0 Å². The lowest BCUT2D eigenvalue weighted by molar-refractivity contribution is 0.293. The van der Waals surface area contributed by atoms with Crippen LogP contribution < -0.4 is 0 Å². The molecule has 1 atom stereocenters. The number of piperidine rings is 1. The maximum absolute atomic E-state index is 4.64. The Labute approximate surface area is 107 Å². The number of hydrogen-bond acceptors (Lipinski definition) is 2. The molecule has 2 bridgehead atoms. The minimum Gasteiger partial charge on any atom is -0.302 e. The van der Waals surface area contributed by atoms with Crippen molar-refractivity contribution >= 4 is 0 Å². The van der Waals surface area contributed by atoms with Crippen LogP contribution in [0.15, 0.2) is 42.7 Å². The number of rotatable bonds is 2. The Bertz CT molecular complexity index is 526. The highest BCUT2D eigenvalue weighted by atomic mass is 15.3. The van der Waals surface area contributed by atoms with Crippen LogP contribution in [0.3, 0.4) is 0 Å². The van der Waals surface area contributed by atoms with Gasteiger partial charge in [0.2, 0.25) is 0 Å². The van der Waals surface area contributed by atoms with Gasteiger partial charge in [-0.2, -0.15) is 0 Å². The molecular formula is C15H17N3. The third-order valence-electron chi connectivity index (χ3n) is 4.38. The van der Waals surface area contributed by atoms with Crippen LogP contribution in [0.5, 0.6) is 0 Å².